The normalized spacial score (nSPS) is 22.5. The summed E-state index contributed by atoms with van der Waals surface area (Å²) in [6.07, 6.45) is 5.79. The van der Waals surface area contributed by atoms with Crippen molar-refractivity contribution in [3.63, 3.8) is 0 Å². The average Bonchev–Trinajstić information content (AvgIpc) is 2.16. The second kappa shape index (κ2) is 5.51. The molecule has 3 N–H and O–H groups in total. The second-order valence-electron chi connectivity index (χ2n) is 3.58. The molecule has 0 amide bonds. The van der Waals surface area contributed by atoms with Crippen molar-refractivity contribution in [3.05, 3.63) is 0 Å². The Bertz CT molecular complexity index is 113. The SMILES string of the molecule is OCC(O)CNC1CCCCC1. The second-order valence-corrected chi connectivity index (χ2v) is 3.58. The number of aliphatic hydroxyl groups is 2. The lowest BCUT2D eigenvalue weighted by molar-refractivity contribution is 0.0904. The molecule has 0 radical (unpaired) electrons. The molecule has 72 valence electrons. The maximum absolute atomic E-state index is 9.08. The predicted octanol–water partition coefficient (Wildman–Crippen LogP) is 0.262. The largest absolute Gasteiger partial charge is 0.394 e. The zero-order chi connectivity index (χ0) is 8.81. The van der Waals surface area contributed by atoms with E-state index in [-0.39, 0.29) is 6.61 Å². The molecule has 3 heteroatoms. The summed E-state index contributed by atoms with van der Waals surface area (Å²) in [4.78, 5) is 0. The van der Waals surface area contributed by atoms with Gasteiger partial charge in [-0.2, -0.15) is 0 Å². The van der Waals surface area contributed by atoms with Gasteiger partial charge in [0.25, 0.3) is 0 Å². The van der Waals surface area contributed by atoms with Gasteiger partial charge in [-0.25, -0.2) is 0 Å². The Morgan fingerprint density at radius 3 is 2.50 bits per heavy atom. The van der Waals surface area contributed by atoms with Crippen molar-refractivity contribution in [1.82, 2.24) is 5.32 Å². The first-order chi connectivity index (χ1) is 5.83. The molecule has 0 aromatic rings. The zero-order valence-corrected chi connectivity index (χ0v) is 7.50. The summed E-state index contributed by atoms with van der Waals surface area (Å²) >= 11 is 0. The molecule has 0 spiro atoms. The molecule has 1 fully saturated rings. The van der Waals surface area contributed by atoms with Crippen molar-refractivity contribution in [3.8, 4) is 0 Å². The first kappa shape index (κ1) is 9.96. The highest BCUT2D eigenvalue weighted by molar-refractivity contribution is 4.73. The molecule has 0 aromatic heterocycles. The zero-order valence-electron chi connectivity index (χ0n) is 7.50. The maximum Gasteiger partial charge on any atom is 0.0895 e. The van der Waals surface area contributed by atoms with Crippen LogP contribution in [0.4, 0.5) is 0 Å². The molecule has 0 saturated heterocycles. The Hall–Kier alpha value is -0.120. The summed E-state index contributed by atoms with van der Waals surface area (Å²) in [6.45, 7) is 0.390. The van der Waals surface area contributed by atoms with Crippen LogP contribution in [0.15, 0.2) is 0 Å². The summed E-state index contributed by atoms with van der Waals surface area (Å²) in [5, 5.41) is 20.9. The minimum absolute atomic E-state index is 0.139. The molecule has 3 nitrogen and oxygen atoms in total. The molecular formula is C9H19NO2. The monoisotopic (exact) mass is 173 g/mol. The van der Waals surface area contributed by atoms with E-state index in [2.05, 4.69) is 5.32 Å². The van der Waals surface area contributed by atoms with Gasteiger partial charge in [0.05, 0.1) is 12.7 Å². The van der Waals surface area contributed by atoms with Gasteiger partial charge in [-0.05, 0) is 12.8 Å². The van der Waals surface area contributed by atoms with E-state index in [1.807, 2.05) is 0 Å². The minimum Gasteiger partial charge on any atom is -0.394 e. The molecule has 1 unspecified atom stereocenters. The fourth-order valence-corrected chi connectivity index (χ4v) is 1.67. The summed E-state index contributed by atoms with van der Waals surface area (Å²) in [5.41, 5.74) is 0. The number of rotatable bonds is 4. The standard InChI is InChI=1S/C9H19NO2/c11-7-9(12)6-10-8-4-2-1-3-5-8/h8-12H,1-7H2. The third-order valence-corrected chi connectivity index (χ3v) is 2.46. The first-order valence-electron chi connectivity index (χ1n) is 4.85. The van der Waals surface area contributed by atoms with E-state index in [4.69, 9.17) is 10.2 Å². The van der Waals surface area contributed by atoms with E-state index >= 15 is 0 Å². The molecule has 0 aliphatic heterocycles. The lowest BCUT2D eigenvalue weighted by Gasteiger charge is -2.23. The Morgan fingerprint density at radius 1 is 1.25 bits per heavy atom. The van der Waals surface area contributed by atoms with E-state index < -0.39 is 6.10 Å². The average molecular weight is 173 g/mol. The van der Waals surface area contributed by atoms with Gasteiger partial charge >= 0.3 is 0 Å². The number of hydrogen-bond donors (Lipinski definition) is 3. The Morgan fingerprint density at radius 2 is 1.92 bits per heavy atom. The third kappa shape index (κ3) is 3.52. The van der Waals surface area contributed by atoms with Crippen LogP contribution >= 0.6 is 0 Å². The van der Waals surface area contributed by atoms with E-state index in [1.165, 1.54) is 32.1 Å². The van der Waals surface area contributed by atoms with Crippen LogP contribution in [0, 0.1) is 0 Å². The number of hydrogen-bond acceptors (Lipinski definition) is 3. The predicted molar refractivity (Wildman–Crippen MR) is 48.0 cm³/mol. The van der Waals surface area contributed by atoms with Gasteiger partial charge in [0.2, 0.25) is 0 Å². The first-order valence-corrected chi connectivity index (χ1v) is 4.85. The molecule has 1 saturated carbocycles. The van der Waals surface area contributed by atoms with Crippen LogP contribution in [0.1, 0.15) is 32.1 Å². The van der Waals surface area contributed by atoms with Crippen LogP contribution in [0.3, 0.4) is 0 Å². The fraction of sp³-hybridized carbons (Fsp3) is 1.00. The molecule has 12 heavy (non-hydrogen) atoms. The lowest BCUT2D eigenvalue weighted by atomic mass is 9.95. The Kier molecular flexibility index (Phi) is 4.58. The van der Waals surface area contributed by atoms with Crippen LogP contribution in [0.2, 0.25) is 0 Å². The van der Waals surface area contributed by atoms with E-state index in [0.717, 1.165) is 0 Å². The van der Waals surface area contributed by atoms with E-state index in [0.29, 0.717) is 12.6 Å². The number of nitrogens with one attached hydrogen (secondary N) is 1. The molecule has 1 rings (SSSR count). The molecular weight excluding hydrogens is 154 g/mol. The van der Waals surface area contributed by atoms with Crippen molar-refractivity contribution in [1.29, 1.82) is 0 Å². The van der Waals surface area contributed by atoms with Crippen LogP contribution in [0.25, 0.3) is 0 Å². The Balaban J connectivity index is 2.05. The summed E-state index contributed by atoms with van der Waals surface area (Å²) in [5.74, 6) is 0. The van der Waals surface area contributed by atoms with Gasteiger partial charge in [0.1, 0.15) is 0 Å². The van der Waals surface area contributed by atoms with Gasteiger partial charge in [-0.15, -0.1) is 0 Å². The van der Waals surface area contributed by atoms with Gasteiger partial charge in [-0.1, -0.05) is 19.3 Å². The molecule has 1 aliphatic carbocycles. The fourth-order valence-electron chi connectivity index (χ4n) is 1.67. The highest BCUT2D eigenvalue weighted by Crippen LogP contribution is 2.16. The topological polar surface area (TPSA) is 52.5 Å². The lowest BCUT2D eigenvalue weighted by Crippen LogP contribution is -2.38. The van der Waals surface area contributed by atoms with E-state index in [9.17, 15) is 0 Å². The smallest absolute Gasteiger partial charge is 0.0895 e. The van der Waals surface area contributed by atoms with Crippen LogP contribution in [0.5, 0.6) is 0 Å². The molecule has 0 aromatic carbocycles. The molecule has 1 atom stereocenters. The van der Waals surface area contributed by atoms with Crippen molar-refractivity contribution >= 4 is 0 Å². The van der Waals surface area contributed by atoms with E-state index in [1.54, 1.807) is 0 Å². The van der Waals surface area contributed by atoms with Gasteiger partial charge in [-0.3, -0.25) is 0 Å². The van der Waals surface area contributed by atoms with Crippen molar-refractivity contribution < 1.29 is 10.2 Å². The summed E-state index contributed by atoms with van der Waals surface area (Å²) in [7, 11) is 0. The van der Waals surface area contributed by atoms with Crippen LogP contribution < -0.4 is 5.32 Å². The number of aliphatic hydroxyl groups excluding tert-OH is 2. The van der Waals surface area contributed by atoms with Crippen LogP contribution in [-0.2, 0) is 0 Å². The summed E-state index contributed by atoms with van der Waals surface area (Å²) < 4.78 is 0. The van der Waals surface area contributed by atoms with Gasteiger partial charge in [0.15, 0.2) is 0 Å². The van der Waals surface area contributed by atoms with Crippen molar-refractivity contribution in [2.45, 2.75) is 44.2 Å². The van der Waals surface area contributed by atoms with Crippen molar-refractivity contribution in [2.75, 3.05) is 13.2 Å². The highest BCUT2D eigenvalue weighted by atomic mass is 16.3. The molecule has 0 heterocycles. The van der Waals surface area contributed by atoms with Crippen LogP contribution in [-0.4, -0.2) is 35.5 Å². The minimum atomic E-state index is -0.591. The van der Waals surface area contributed by atoms with Crippen molar-refractivity contribution in [2.24, 2.45) is 0 Å². The molecule has 0 bridgehead atoms. The Labute approximate surface area is 73.8 Å². The quantitative estimate of drug-likeness (QED) is 0.571. The van der Waals surface area contributed by atoms with Gasteiger partial charge < -0.3 is 15.5 Å². The van der Waals surface area contributed by atoms with Gasteiger partial charge in [0, 0.05) is 12.6 Å². The maximum atomic E-state index is 9.08. The third-order valence-electron chi connectivity index (χ3n) is 2.46. The summed E-state index contributed by atoms with van der Waals surface area (Å²) in [6, 6.07) is 0.569. The highest BCUT2D eigenvalue weighted by Gasteiger charge is 2.13. The molecule has 1 aliphatic rings.